The Labute approximate surface area is 220 Å². The quantitative estimate of drug-likeness (QED) is 0.306. The molecule has 2 heterocycles. The summed E-state index contributed by atoms with van der Waals surface area (Å²) in [6.45, 7) is 7.22. The van der Waals surface area contributed by atoms with Gasteiger partial charge in [-0.1, -0.05) is 26.8 Å². The number of rotatable bonds is 8. The maximum Gasteiger partial charge on any atom is 0.326 e. The topological polar surface area (TPSA) is 128 Å². The minimum absolute atomic E-state index is 0.341. The van der Waals surface area contributed by atoms with Crippen molar-refractivity contribution in [3.05, 3.63) is 66.0 Å². The number of hydrogen-bond donors (Lipinski definition) is 3. The van der Waals surface area contributed by atoms with Crippen LogP contribution in [0.5, 0.6) is 11.5 Å². The molecule has 1 unspecified atom stereocenters. The molecule has 4 aromatic rings. The number of aliphatic carboxylic acids is 1. The van der Waals surface area contributed by atoms with Crippen molar-refractivity contribution in [2.45, 2.75) is 33.7 Å². The van der Waals surface area contributed by atoms with Gasteiger partial charge >= 0.3 is 5.97 Å². The summed E-state index contributed by atoms with van der Waals surface area (Å²) in [4.78, 5) is 33.8. The summed E-state index contributed by atoms with van der Waals surface area (Å²) in [5.74, 6) is 0.0780. The number of aromatic nitrogens is 3. The van der Waals surface area contributed by atoms with Gasteiger partial charge in [-0.2, -0.15) is 4.98 Å². The molecular formula is C28H31N5O5. The molecule has 1 atom stereocenters. The predicted octanol–water partition coefficient (Wildman–Crippen LogP) is 4.72. The molecule has 0 saturated heterocycles. The summed E-state index contributed by atoms with van der Waals surface area (Å²) in [5, 5.41) is 16.2. The molecule has 0 spiro atoms. The smallest absolute Gasteiger partial charge is 0.326 e. The Hall–Kier alpha value is -4.60. The molecule has 0 radical (unpaired) electrons. The van der Waals surface area contributed by atoms with Crippen molar-refractivity contribution in [2.75, 3.05) is 19.5 Å². The molecule has 10 nitrogen and oxygen atoms in total. The number of fused-ring (bicyclic) bond motifs is 1. The lowest BCUT2D eigenvalue weighted by molar-refractivity contribution is -0.142. The first-order valence-electron chi connectivity index (χ1n) is 12.0. The Kier molecular flexibility index (Phi) is 7.25. The standard InChI is InChI=1S/C28H31N5O5/c1-16-12-19(14-21(37-5)22(16)38-6)30-27-29-15-18-10-11-33(24(18)32-27)20-9-7-8-17(13-20)25(34)31-23(26(35)36)28(2,3)4/h7-15,23H,1-6H3,(H,31,34)(H,35,36)(H,29,30,32). The molecule has 0 aliphatic carbocycles. The summed E-state index contributed by atoms with van der Waals surface area (Å²) in [5.41, 5.74) is 2.65. The largest absolute Gasteiger partial charge is 0.493 e. The van der Waals surface area contributed by atoms with E-state index in [4.69, 9.17) is 14.5 Å². The second-order valence-corrected chi connectivity index (χ2v) is 9.97. The van der Waals surface area contributed by atoms with Crippen LogP contribution in [0.15, 0.2) is 54.9 Å². The highest BCUT2D eigenvalue weighted by molar-refractivity contribution is 5.97. The van der Waals surface area contributed by atoms with Crippen LogP contribution in [0.2, 0.25) is 0 Å². The third-order valence-corrected chi connectivity index (χ3v) is 6.12. The van der Waals surface area contributed by atoms with Crippen molar-refractivity contribution in [1.82, 2.24) is 19.9 Å². The van der Waals surface area contributed by atoms with E-state index in [9.17, 15) is 14.7 Å². The van der Waals surface area contributed by atoms with E-state index < -0.39 is 23.3 Å². The van der Waals surface area contributed by atoms with Crippen LogP contribution >= 0.6 is 0 Å². The Morgan fingerprint density at radius 2 is 1.84 bits per heavy atom. The van der Waals surface area contributed by atoms with Crippen LogP contribution < -0.4 is 20.1 Å². The normalized spacial score (nSPS) is 12.2. The maximum absolute atomic E-state index is 12.9. The number of aryl methyl sites for hydroxylation is 1. The van der Waals surface area contributed by atoms with Gasteiger partial charge in [0.1, 0.15) is 11.7 Å². The first kappa shape index (κ1) is 26.5. The van der Waals surface area contributed by atoms with E-state index in [0.717, 1.165) is 16.6 Å². The van der Waals surface area contributed by atoms with Crippen LogP contribution in [0.25, 0.3) is 16.7 Å². The predicted molar refractivity (Wildman–Crippen MR) is 145 cm³/mol. The number of nitrogens with zero attached hydrogens (tertiary/aromatic N) is 3. The molecular weight excluding hydrogens is 486 g/mol. The van der Waals surface area contributed by atoms with Crippen molar-refractivity contribution in [3.63, 3.8) is 0 Å². The van der Waals surface area contributed by atoms with E-state index in [2.05, 4.69) is 15.6 Å². The minimum Gasteiger partial charge on any atom is -0.493 e. The zero-order chi connectivity index (χ0) is 27.6. The third kappa shape index (κ3) is 5.39. The zero-order valence-corrected chi connectivity index (χ0v) is 22.2. The second kappa shape index (κ2) is 10.4. The van der Waals surface area contributed by atoms with Gasteiger partial charge in [0, 0.05) is 40.8 Å². The molecule has 198 valence electrons. The van der Waals surface area contributed by atoms with E-state index >= 15 is 0 Å². The number of amides is 1. The number of carbonyl (C=O) groups is 2. The molecule has 0 fully saturated rings. The Morgan fingerprint density at radius 1 is 1.08 bits per heavy atom. The van der Waals surface area contributed by atoms with Gasteiger partial charge in [0.2, 0.25) is 5.95 Å². The number of benzene rings is 2. The van der Waals surface area contributed by atoms with Gasteiger partial charge in [0.05, 0.1) is 14.2 Å². The minimum atomic E-state index is -1.08. The molecule has 3 N–H and O–H groups in total. The highest BCUT2D eigenvalue weighted by Crippen LogP contribution is 2.35. The van der Waals surface area contributed by atoms with Crippen molar-refractivity contribution in [2.24, 2.45) is 5.41 Å². The number of anilines is 2. The summed E-state index contributed by atoms with van der Waals surface area (Å²) in [6, 6.07) is 11.5. The van der Waals surface area contributed by atoms with Gasteiger partial charge in [-0.3, -0.25) is 4.79 Å². The molecule has 0 saturated carbocycles. The van der Waals surface area contributed by atoms with Crippen LogP contribution in [-0.2, 0) is 4.79 Å². The molecule has 4 rings (SSSR count). The van der Waals surface area contributed by atoms with E-state index in [1.54, 1.807) is 59.4 Å². The Bertz CT molecular complexity index is 1510. The monoisotopic (exact) mass is 517 g/mol. The number of carboxylic acids is 1. The lowest BCUT2D eigenvalue weighted by atomic mass is 9.86. The first-order valence-corrected chi connectivity index (χ1v) is 12.0. The highest BCUT2D eigenvalue weighted by Gasteiger charge is 2.32. The van der Waals surface area contributed by atoms with Crippen molar-refractivity contribution in [3.8, 4) is 17.2 Å². The van der Waals surface area contributed by atoms with E-state index in [0.29, 0.717) is 34.3 Å². The van der Waals surface area contributed by atoms with Crippen molar-refractivity contribution < 1.29 is 24.2 Å². The zero-order valence-electron chi connectivity index (χ0n) is 22.2. The molecule has 0 bridgehead atoms. The van der Waals surface area contributed by atoms with Gasteiger partial charge in [-0.05, 0) is 48.2 Å². The van der Waals surface area contributed by atoms with Crippen molar-refractivity contribution >= 4 is 34.5 Å². The number of carbonyl (C=O) groups excluding carboxylic acids is 1. The number of hydrogen-bond acceptors (Lipinski definition) is 7. The van der Waals surface area contributed by atoms with Gasteiger partial charge in [0.25, 0.3) is 5.91 Å². The molecule has 10 heteroatoms. The van der Waals surface area contributed by atoms with Gasteiger partial charge in [-0.15, -0.1) is 0 Å². The van der Waals surface area contributed by atoms with Gasteiger partial charge in [-0.25, -0.2) is 9.78 Å². The number of nitrogens with one attached hydrogen (secondary N) is 2. The lowest BCUT2D eigenvalue weighted by Crippen LogP contribution is -2.49. The average Bonchev–Trinajstić information content (AvgIpc) is 3.29. The molecule has 0 aliphatic heterocycles. The van der Waals surface area contributed by atoms with Crippen molar-refractivity contribution in [1.29, 1.82) is 0 Å². The summed E-state index contributed by atoms with van der Waals surface area (Å²) in [7, 11) is 3.17. The van der Waals surface area contributed by atoms with Crippen LogP contribution in [0.1, 0.15) is 36.7 Å². The van der Waals surface area contributed by atoms with E-state index in [-0.39, 0.29) is 0 Å². The first-order chi connectivity index (χ1) is 18.0. The van der Waals surface area contributed by atoms with Crippen LogP contribution in [0, 0.1) is 12.3 Å². The second-order valence-electron chi connectivity index (χ2n) is 9.97. The van der Waals surface area contributed by atoms with E-state index in [1.165, 1.54) is 0 Å². The summed E-state index contributed by atoms with van der Waals surface area (Å²) < 4.78 is 12.7. The fourth-order valence-corrected chi connectivity index (χ4v) is 4.20. The number of ether oxygens (including phenoxy) is 2. The van der Waals surface area contributed by atoms with Gasteiger partial charge < -0.3 is 29.8 Å². The average molecular weight is 518 g/mol. The molecule has 1 amide bonds. The highest BCUT2D eigenvalue weighted by atomic mass is 16.5. The van der Waals surface area contributed by atoms with Crippen LogP contribution in [0.4, 0.5) is 11.6 Å². The van der Waals surface area contributed by atoms with E-state index in [1.807, 2.05) is 42.0 Å². The molecule has 2 aromatic carbocycles. The summed E-state index contributed by atoms with van der Waals surface area (Å²) >= 11 is 0. The van der Waals surface area contributed by atoms with Crippen LogP contribution in [-0.4, -0.2) is 51.8 Å². The molecule has 2 aromatic heterocycles. The van der Waals surface area contributed by atoms with Gasteiger partial charge in [0.15, 0.2) is 11.5 Å². The number of methoxy groups -OCH3 is 2. The third-order valence-electron chi connectivity index (χ3n) is 6.12. The van der Waals surface area contributed by atoms with Crippen LogP contribution in [0.3, 0.4) is 0 Å². The number of carboxylic acid groups (broad SMARTS) is 1. The Balaban J connectivity index is 1.64. The molecule has 0 aliphatic rings. The maximum atomic E-state index is 12.9. The SMILES string of the molecule is COc1cc(Nc2ncc3ccn(-c4cccc(C(=O)NC(C(=O)O)C(C)(C)C)c4)c3n2)cc(C)c1OC. The molecule has 38 heavy (non-hydrogen) atoms. The fraction of sp³-hybridized carbons (Fsp3) is 0.286. The summed E-state index contributed by atoms with van der Waals surface area (Å²) in [6.07, 6.45) is 3.56. The Morgan fingerprint density at radius 3 is 2.50 bits per heavy atom. The lowest BCUT2D eigenvalue weighted by Gasteiger charge is -2.27. The fourth-order valence-electron chi connectivity index (χ4n) is 4.20.